The standard InChI is InChI=1S/C34H31IN4O5S/c1-3-42-33(41)31-21(2)37-34(45)38-32(31)26-10-6-7-11-28(26)44-20-30(40)39-36-18-22-13-15-29(27(35)17-22)43-19-23-12-14-24-8-4-5-9-25(24)16-23/h4-18,32H,3,19-20H2,1-2H3,(H,39,40)(H2,37,38,45)/t32-/m0/s1. The first kappa shape index (κ1) is 31.9. The van der Waals surface area contributed by atoms with Gasteiger partial charge >= 0.3 is 5.97 Å². The van der Waals surface area contributed by atoms with Gasteiger partial charge in [0.1, 0.15) is 18.1 Å². The highest BCUT2D eigenvalue weighted by atomic mass is 127. The molecule has 1 heterocycles. The van der Waals surface area contributed by atoms with Gasteiger partial charge in [0.15, 0.2) is 11.7 Å². The van der Waals surface area contributed by atoms with E-state index in [9.17, 15) is 9.59 Å². The number of hydrogen-bond acceptors (Lipinski definition) is 7. The minimum atomic E-state index is -0.614. The number of thiocarbonyl (C=S) groups is 1. The van der Waals surface area contributed by atoms with Gasteiger partial charge in [-0.1, -0.05) is 54.6 Å². The molecule has 0 unspecified atom stereocenters. The molecule has 1 aliphatic heterocycles. The maximum Gasteiger partial charge on any atom is 0.338 e. The monoisotopic (exact) mass is 734 g/mol. The number of hydrogen-bond donors (Lipinski definition) is 3. The molecule has 0 saturated carbocycles. The van der Waals surface area contributed by atoms with Gasteiger partial charge in [0.2, 0.25) is 0 Å². The number of halogens is 1. The number of hydrazone groups is 1. The van der Waals surface area contributed by atoms with Crippen LogP contribution in [0.4, 0.5) is 0 Å². The molecule has 4 aromatic rings. The van der Waals surface area contributed by atoms with Gasteiger partial charge in [-0.25, -0.2) is 10.2 Å². The van der Waals surface area contributed by atoms with Crippen LogP contribution in [-0.4, -0.2) is 36.4 Å². The van der Waals surface area contributed by atoms with E-state index in [0.29, 0.717) is 34.3 Å². The summed E-state index contributed by atoms with van der Waals surface area (Å²) in [6, 6.07) is 26.7. The van der Waals surface area contributed by atoms with Crippen molar-refractivity contribution < 1.29 is 23.8 Å². The van der Waals surface area contributed by atoms with Crippen LogP contribution in [0.15, 0.2) is 101 Å². The Morgan fingerprint density at radius 3 is 2.56 bits per heavy atom. The Labute approximate surface area is 280 Å². The first-order chi connectivity index (χ1) is 21.8. The van der Waals surface area contributed by atoms with Crippen LogP contribution >= 0.6 is 34.8 Å². The molecule has 1 atom stereocenters. The van der Waals surface area contributed by atoms with Crippen molar-refractivity contribution in [2.45, 2.75) is 26.5 Å². The summed E-state index contributed by atoms with van der Waals surface area (Å²) >= 11 is 7.55. The van der Waals surface area contributed by atoms with Crippen molar-refractivity contribution in [3.8, 4) is 11.5 Å². The molecule has 0 spiro atoms. The second-order valence-electron chi connectivity index (χ2n) is 10.1. The van der Waals surface area contributed by atoms with Crippen molar-refractivity contribution >= 4 is 68.8 Å². The van der Waals surface area contributed by atoms with Gasteiger partial charge < -0.3 is 24.8 Å². The van der Waals surface area contributed by atoms with Gasteiger partial charge in [-0.15, -0.1) is 0 Å². The van der Waals surface area contributed by atoms with E-state index in [4.69, 9.17) is 26.4 Å². The Morgan fingerprint density at radius 2 is 1.76 bits per heavy atom. The van der Waals surface area contributed by atoms with Crippen LogP contribution in [0, 0.1) is 3.57 Å². The van der Waals surface area contributed by atoms with Crippen LogP contribution < -0.4 is 25.5 Å². The lowest BCUT2D eigenvalue weighted by atomic mass is 9.95. The number of para-hydroxylation sites is 1. The summed E-state index contributed by atoms with van der Waals surface area (Å²) in [6.07, 6.45) is 1.56. The van der Waals surface area contributed by atoms with E-state index >= 15 is 0 Å². The number of amides is 1. The van der Waals surface area contributed by atoms with E-state index in [1.807, 2.05) is 36.4 Å². The number of fused-ring (bicyclic) bond motifs is 1. The minimum Gasteiger partial charge on any atom is -0.488 e. The highest BCUT2D eigenvalue weighted by molar-refractivity contribution is 14.1. The van der Waals surface area contributed by atoms with E-state index < -0.39 is 17.9 Å². The molecule has 1 aliphatic rings. The lowest BCUT2D eigenvalue weighted by Gasteiger charge is -2.30. The topological polar surface area (TPSA) is 110 Å². The summed E-state index contributed by atoms with van der Waals surface area (Å²) in [5.74, 6) is 0.264. The van der Waals surface area contributed by atoms with E-state index in [-0.39, 0.29) is 13.2 Å². The number of ether oxygens (including phenoxy) is 3. The average molecular weight is 735 g/mol. The molecule has 1 amide bonds. The fourth-order valence-corrected chi connectivity index (χ4v) is 5.78. The smallest absolute Gasteiger partial charge is 0.338 e. The van der Waals surface area contributed by atoms with Crippen molar-refractivity contribution in [2.75, 3.05) is 13.2 Å². The van der Waals surface area contributed by atoms with Gasteiger partial charge in [0.25, 0.3) is 5.91 Å². The van der Waals surface area contributed by atoms with Crippen LogP contribution in [0.3, 0.4) is 0 Å². The Bertz CT molecular complexity index is 1810. The summed E-state index contributed by atoms with van der Waals surface area (Å²) in [6.45, 7) is 3.89. The zero-order valence-corrected chi connectivity index (χ0v) is 27.6. The van der Waals surface area contributed by atoms with E-state index in [2.05, 4.69) is 74.1 Å². The number of benzene rings is 4. The van der Waals surface area contributed by atoms with Crippen molar-refractivity contribution in [3.63, 3.8) is 0 Å². The molecule has 0 aromatic heterocycles. The zero-order chi connectivity index (χ0) is 31.8. The maximum atomic E-state index is 12.8. The van der Waals surface area contributed by atoms with Gasteiger partial charge in [0.05, 0.1) is 28.0 Å². The fourth-order valence-electron chi connectivity index (χ4n) is 4.82. The lowest BCUT2D eigenvalue weighted by Crippen LogP contribution is -2.45. The molecule has 5 rings (SSSR count). The third kappa shape index (κ3) is 8.17. The number of allylic oxidation sites excluding steroid dienone is 1. The predicted molar refractivity (Wildman–Crippen MR) is 186 cm³/mol. The molecular weight excluding hydrogens is 703 g/mol. The Balaban J connectivity index is 1.17. The molecule has 0 radical (unpaired) electrons. The van der Waals surface area contributed by atoms with Crippen LogP contribution in [-0.2, 0) is 20.9 Å². The molecule has 0 fully saturated rings. The molecule has 0 bridgehead atoms. The van der Waals surface area contributed by atoms with E-state index in [0.717, 1.165) is 20.4 Å². The average Bonchev–Trinajstić information content (AvgIpc) is 3.03. The molecule has 0 saturated heterocycles. The van der Waals surface area contributed by atoms with Gasteiger partial charge in [-0.3, -0.25) is 4.79 Å². The largest absolute Gasteiger partial charge is 0.488 e. The number of nitrogens with zero attached hydrogens (tertiary/aromatic N) is 1. The summed E-state index contributed by atoms with van der Waals surface area (Å²) in [4.78, 5) is 25.3. The quantitative estimate of drug-likeness (QED) is 0.0575. The Hall–Kier alpha value is -4.49. The molecule has 4 aromatic carbocycles. The third-order valence-electron chi connectivity index (χ3n) is 6.92. The van der Waals surface area contributed by atoms with Crippen LogP contribution in [0.25, 0.3) is 10.8 Å². The molecule has 11 heteroatoms. The first-order valence-electron chi connectivity index (χ1n) is 14.2. The fraction of sp³-hybridized carbons (Fsp3) is 0.176. The van der Waals surface area contributed by atoms with Crippen molar-refractivity contribution in [1.29, 1.82) is 0 Å². The van der Waals surface area contributed by atoms with Crippen LogP contribution in [0.1, 0.15) is 36.6 Å². The number of esters is 1. The summed E-state index contributed by atoms with van der Waals surface area (Å²) < 4.78 is 18.1. The van der Waals surface area contributed by atoms with Crippen molar-refractivity contribution in [3.05, 3.63) is 116 Å². The van der Waals surface area contributed by atoms with Gasteiger partial charge in [-0.05, 0) is 101 Å². The highest BCUT2D eigenvalue weighted by Crippen LogP contribution is 2.33. The number of rotatable bonds is 11. The Morgan fingerprint density at radius 1 is 0.978 bits per heavy atom. The van der Waals surface area contributed by atoms with Gasteiger partial charge in [-0.2, -0.15) is 5.10 Å². The molecule has 0 aliphatic carbocycles. The predicted octanol–water partition coefficient (Wildman–Crippen LogP) is 5.91. The van der Waals surface area contributed by atoms with Crippen LogP contribution in [0.5, 0.6) is 11.5 Å². The van der Waals surface area contributed by atoms with Crippen LogP contribution in [0.2, 0.25) is 0 Å². The molecular formula is C34H31IN4O5S. The summed E-state index contributed by atoms with van der Waals surface area (Å²) in [7, 11) is 0. The summed E-state index contributed by atoms with van der Waals surface area (Å²) in [5.41, 5.74) is 5.99. The second kappa shape index (κ2) is 15.0. The Kier molecular flexibility index (Phi) is 10.6. The summed E-state index contributed by atoms with van der Waals surface area (Å²) in [5, 5.41) is 12.9. The molecule has 3 N–H and O–H groups in total. The van der Waals surface area contributed by atoms with E-state index in [1.54, 1.807) is 38.3 Å². The normalized spacial score (nSPS) is 14.6. The zero-order valence-electron chi connectivity index (χ0n) is 24.6. The number of carbonyl (C=O) groups is 2. The lowest BCUT2D eigenvalue weighted by molar-refractivity contribution is -0.139. The minimum absolute atomic E-state index is 0.231. The second-order valence-corrected chi connectivity index (χ2v) is 11.6. The number of carbonyl (C=O) groups excluding carboxylic acids is 2. The first-order valence-corrected chi connectivity index (χ1v) is 15.7. The maximum absolute atomic E-state index is 12.8. The van der Waals surface area contributed by atoms with E-state index in [1.165, 1.54) is 10.8 Å². The molecule has 230 valence electrons. The SMILES string of the molecule is CCOC(=O)C1=C(C)NC(=S)N[C@H]1c1ccccc1OCC(=O)NN=Cc1ccc(OCc2ccc3ccccc3c2)c(I)c1. The number of nitrogens with one attached hydrogen (secondary N) is 3. The molecule has 45 heavy (non-hydrogen) atoms. The van der Waals surface area contributed by atoms with Crippen molar-refractivity contribution in [2.24, 2.45) is 5.10 Å². The van der Waals surface area contributed by atoms with Crippen molar-refractivity contribution in [1.82, 2.24) is 16.1 Å². The molecule has 9 nitrogen and oxygen atoms in total. The third-order valence-corrected chi connectivity index (χ3v) is 7.98. The van der Waals surface area contributed by atoms with Gasteiger partial charge in [0, 0.05) is 11.3 Å². The highest BCUT2D eigenvalue weighted by Gasteiger charge is 2.32.